The van der Waals surface area contributed by atoms with Crippen molar-refractivity contribution >= 4 is 51.3 Å². The smallest absolute Gasteiger partial charge is 0.344 e. The number of ether oxygens (including phenoxy) is 2. The highest BCUT2D eigenvalue weighted by Gasteiger charge is 2.33. The largest absolute Gasteiger partial charge is 0.506 e. The molecule has 0 saturated carbocycles. The van der Waals surface area contributed by atoms with E-state index >= 15 is 0 Å². The Kier molecular flexibility index (Phi) is 8.59. The molecule has 210 valence electrons. The van der Waals surface area contributed by atoms with Gasteiger partial charge in [0.25, 0.3) is 0 Å². The van der Waals surface area contributed by atoms with Crippen LogP contribution >= 0.6 is 11.8 Å². The number of aromatic nitrogens is 1. The van der Waals surface area contributed by atoms with Crippen LogP contribution in [-0.2, 0) is 27.4 Å². The van der Waals surface area contributed by atoms with E-state index in [1.807, 2.05) is 42.0 Å². The number of para-hydroxylation sites is 1. The standard InChI is InChI=1S/C31H29N3O6S/c1-3-38-22-13-11-21(12-14-22)33-30-28(31(37)39-4-2)29(36)26(41-30)16-20-18-34(25-10-6-5-9-24(20)25)19-27(35)32-17-23-8-7-15-40-23/h5-16,18,36H,3-4,17,19H2,1-2H3,(H,32,35)/b26-16-,33-30?. The van der Waals surface area contributed by atoms with E-state index in [-0.39, 0.29) is 30.4 Å². The highest BCUT2D eigenvalue weighted by Crippen LogP contribution is 2.41. The van der Waals surface area contributed by atoms with E-state index in [2.05, 4.69) is 10.3 Å². The second-order valence-electron chi connectivity index (χ2n) is 8.98. The van der Waals surface area contributed by atoms with Gasteiger partial charge in [-0.15, -0.1) is 0 Å². The average molecular weight is 572 g/mol. The molecule has 0 aliphatic carbocycles. The van der Waals surface area contributed by atoms with Crippen molar-refractivity contribution in [1.29, 1.82) is 0 Å². The number of aliphatic imine (C=N–C) groups is 1. The van der Waals surface area contributed by atoms with Gasteiger partial charge < -0.3 is 28.9 Å². The van der Waals surface area contributed by atoms with E-state index in [4.69, 9.17) is 13.9 Å². The number of benzene rings is 2. The van der Waals surface area contributed by atoms with Crippen LogP contribution in [0.4, 0.5) is 5.69 Å². The lowest BCUT2D eigenvalue weighted by molar-refractivity contribution is -0.138. The molecule has 2 aromatic carbocycles. The molecule has 41 heavy (non-hydrogen) atoms. The van der Waals surface area contributed by atoms with E-state index < -0.39 is 5.97 Å². The molecule has 1 amide bonds. The van der Waals surface area contributed by atoms with E-state index in [9.17, 15) is 14.7 Å². The summed E-state index contributed by atoms with van der Waals surface area (Å²) in [6.45, 7) is 4.71. The first-order chi connectivity index (χ1) is 20.0. The van der Waals surface area contributed by atoms with Crippen LogP contribution in [0.3, 0.4) is 0 Å². The number of furan rings is 1. The van der Waals surface area contributed by atoms with Gasteiger partial charge in [0.15, 0.2) is 0 Å². The molecule has 0 unspecified atom stereocenters. The Morgan fingerprint density at radius 2 is 1.88 bits per heavy atom. The quantitative estimate of drug-likeness (QED) is 0.220. The van der Waals surface area contributed by atoms with E-state index in [1.165, 1.54) is 11.8 Å². The van der Waals surface area contributed by atoms with Gasteiger partial charge in [-0.1, -0.05) is 30.0 Å². The molecular weight excluding hydrogens is 542 g/mol. The van der Waals surface area contributed by atoms with Crippen LogP contribution in [0.5, 0.6) is 5.75 Å². The summed E-state index contributed by atoms with van der Waals surface area (Å²) >= 11 is 1.18. The van der Waals surface area contributed by atoms with Crippen LogP contribution in [0.25, 0.3) is 17.0 Å². The third-order valence-electron chi connectivity index (χ3n) is 6.21. The lowest BCUT2D eigenvalue weighted by atomic mass is 10.1. The first-order valence-electron chi connectivity index (χ1n) is 13.2. The second-order valence-corrected chi connectivity index (χ2v) is 10.0. The van der Waals surface area contributed by atoms with Gasteiger partial charge in [0.1, 0.15) is 34.4 Å². The summed E-state index contributed by atoms with van der Waals surface area (Å²) < 4.78 is 17.9. The molecular formula is C31H29N3O6S. The minimum absolute atomic E-state index is 0.0121. The van der Waals surface area contributed by atoms with Crippen molar-refractivity contribution in [2.45, 2.75) is 26.9 Å². The fraction of sp³-hybridized carbons (Fsp3) is 0.194. The zero-order valence-corrected chi connectivity index (χ0v) is 23.4. The van der Waals surface area contributed by atoms with E-state index in [0.717, 1.165) is 16.5 Å². The molecule has 1 aliphatic heterocycles. The zero-order chi connectivity index (χ0) is 28.8. The van der Waals surface area contributed by atoms with Gasteiger partial charge in [0.05, 0.1) is 36.6 Å². The van der Waals surface area contributed by atoms with Crippen molar-refractivity contribution < 1.29 is 28.6 Å². The lowest BCUT2D eigenvalue weighted by Gasteiger charge is -2.06. The summed E-state index contributed by atoms with van der Waals surface area (Å²) in [6, 6.07) is 18.4. The van der Waals surface area contributed by atoms with Crippen LogP contribution in [0, 0.1) is 0 Å². The van der Waals surface area contributed by atoms with Crippen LogP contribution in [-0.4, -0.2) is 39.8 Å². The van der Waals surface area contributed by atoms with Gasteiger partial charge in [-0.25, -0.2) is 9.79 Å². The van der Waals surface area contributed by atoms with Crippen LogP contribution in [0.1, 0.15) is 25.2 Å². The Balaban J connectivity index is 1.45. The molecule has 0 radical (unpaired) electrons. The molecule has 0 spiro atoms. The Morgan fingerprint density at radius 3 is 2.61 bits per heavy atom. The minimum Gasteiger partial charge on any atom is -0.506 e. The Labute approximate surface area is 241 Å². The molecule has 4 aromatic rings. The summed E-state index contributed by atoms with van der Waals surface area (Å²) in [4.78, 5) is 30.6. The van der Waals surface area contributed by atoms with Crippen molar-refractivity contribution in [3.8, 4) is 5.75 Å². The van der Waals surface area contributed by atoms with Gasteiger partial charge in [0, 0.05) is 22.7 Å². The van der Waals surface area contributed by atoms with Gasteiger partial charge in [-0.3, -0.25) is 4.79 Å². The molecule has 9 nitrogen and oxygen atoms in total. The zero-order valence-electron chi connectivity index (χ0n) is 22.6. The van der Waals surface area contributed by atoms with E-state index in [0.29, 0.717) is 40.3 Å². The first-order valence-corrected chi connectivity index (χ1v) is 14.0. The number of thioether (sulfide) groups is 1. The first kappa shape index (κ1) is 27.9. The second kappa shape index (κ2) is 12.6. The molecule has 2 aromatic heterocycles. The van der Waals surface area contributed by atoms with Crippen molar-refractivity contribution in [3.05, 3.63) is 101 Å². The number of nitrogens with one attached hydrogen (secondary N) is 1. The number of amides is 1. The fourth-order valence-electron chi connectivity index (χ4n) is 4.36. The summed E-state index contributed by atoms with van der Waals surface area (Å²) in [5.74, 6) is 0.356. The number of carbonyl (C=O) groups excluding carboxylic acids is 2. The summed E-state index contributed by atoms with van der Waals surface area (Å²) in [5, 5.41) is 15.2. The Hall–Kier alpha value is -4.70. The number of rotatable bonds is 10. The number of esters is 1. The van der Waals surface area contributed by atoms with Crippen molar-refractivity contribution in [2.75, 3.05) is 13.2 Å². The highest BCUT2D eigenvalue weighted by molar-refractivity contribution is 8.18. The number of hydrogen-bond acceptors (Lipinski definition) is 8. The molecule has 0 bridgehead atoms. The Morgan fingerprint density at radius 1 is 1.07 bits per heavy atom. The normalized spacial score (nSPS) is 15.2. The van der Waals surface area contributed by atoms with Crippen LogP contribution in [0.15, 0.2) is 98.8 Å². The molecule has 0 atom stereocenters. The van der Waals surface area contributed by atoms with Crippen molar-refractivity contribution in [2.24, 2.45) is 4.99 Å². The van der Waals surface area contributed by atoms with Crippen LogP contribution in [0.2, 0.25) is 0 Å². The fourth-order valence-corrected chi connectivity index (χ4v) is 5.39. The Bertz CT molecular complexity index is 1650. The summed E-state index contributed by atoms with van der Waals surface area (Å²) in [5.41, 5.74) is 2.24. The van der Waals surface area contributed by atoms with Crippen molar-refractivity contribution in [1.82, 2.24) is 9.88 Å². The molecule has 2 N–H and O–H groups in total. The van der Waals surface area contributed by atoms with Crippen LogP contribution < -0.4 is 10.1 Å². The number of aliphatic hydroxyl groups is 1. The molecule has 1 aliphatic rings. The maximum absolute atomic E-state index is 12.8. The summed E-state index contributed by atoms with van der Waals surface area (Å²) in [6.07, 6.45) is 5.20. The molecule has 0 saturated heterocycles. The summed E-state index contributed by atoms with van der Waals surface area (Å²) in [7, 11) is 0. The third-order valence-corrected chi connectivity index (χ3v) is 7.23. The number of nitrogens with zero attached hydrogens (tertiary/aromatic N) is 2. The molecule has 10 heteroatoms. The maximum Gasteiger partial charge on any atom is 0.344 e. The SMILES string of the molecule is CCOC(=O)C1=C(O)/C(=C/c2cn(CC(=O)NCc3ccco3)c3ccccc23)SC1=Nc1ccc(OCC)cc1. The van der Waals surface area contributed by atoms with Crippen molar-refractivity contribution in [3.63, 3.8) is 0 Å². The minimum atomic E-state index is -0.652. The van der Waals surface area contributed by atoms with E-state index in [1.54, 1.807) is 55.7 Å². The van der Waals surface area contributed by atoms with Gasteiger partial charge >= 0.3 is 5.97 Å². The predicted octanol–water partition coefficient (Wildman–Crippen LogP) is 6.14. The topological polar surface area (TPSA) is 115 Å². The highest BCUT2D eigenvalue weighted by atomic mass is 32.2. The van der Waals surface area contributed by atoms with Gasteiger partial charge in [-0.05, 0) is 62.4 Å². The van der Waals surface area contributed by atoms with Gasteiger partial charge in [-0.2, -0.15) is 0 Å². The number of carbonyl (C=O) groups is 2. The third kappa shape index (κ3) is 6.38. The number of hydrogen-bond donors (Lipinski definition) is 2. The molecule has 0 fully saturated rings. The lowest BCUT2D eigenvalue weighted by Crippen LogP contribution is -2.26. The monoisotopic (exact) mass is 571 g/mol. The molecule has 5 rings (SSSR count). The number of aliphatic hydroxyl groups excluding tert-OH is 1. The maximum atomic E-state index is 12.8. The van der Waals surface area contributed by atoms with Gasteiger partial charge in [0.2, 0.25) is 5.91 Å². The molecule has 3 heterocycles. The number of fused-ring (bicyclic) bond motifs is 1. The predicted molar refractivity (Wildman–Crippen MR) is 159 cm³/mol. The average Bonchev–Trinajstić information content (AvgIpc) is 3.68.